The third kappa shape index (κ3) is 1.16. The zero-order valence-corrected chi connectivity index (χ0v) is 6.28. The van der Waals surface area contributed by atoms with Crippen LogP contribution in [0.15, 0.2) is 21.1 Å². The van der Waals surface area contributed by atoms with Crippen LogP contribution in [0.2, 0.25) is 0 Å². The Balaban J connectivity index is 2.62. The van der Waals surface area contributed by atoms with Crippen molar-refractivity contribution in [3.05, 3.63) is 16.6 Å². The highest BCUT2D eigenvalue weighted by Crippen LogP contribution is 2.13. The van der Waals surface area contributed by atoms with Gasteiger partial charge in [0.2, 0.25) is 0 Å². The highest BCUT2D eigenvalue weighted by atomic mass is 32.2. The Kier molecular flexibility index (Phi) is 1.46. The average Bonchev–Trinajstić information content (AvgIpc) is 2.04. The van der Waals surface area contributed by atoms with Crippen molar-refractivity contribution in [3.8, 4) is 0 Å². The Morgan fingerprint density at radius 3 is 3.45 bits per heavy atom. The van der Waals surface area contributed by atoms with Crippen LogP contribution in [0.25, 0.3) is 0 Å². The van der Waals surface area contributed by atoms with Gasteiger partial charge in [0.25, 0.3) is 5.56 Å². The van der Waals surface area contributed by atoms with E-state index in [1.54, 1.807) is 6.34 Å². The van der Waals surface area contributed by atoms with Gasteiger partial charge in [0, 0.05) is 0 Å². The minimum Gasteiger partial charge on any atom is -0.266 e. The molecular formula is C5H4N4OS. The van der Waals surface area contributed by atoms with Crippen molar-refractivity contribution in [2.45, 2.75) is 5.16 Å². The number of nitrogens with zero attached hydrogens (tertiary/aromatic N) is 4. The Bertz CT molecular complexity index is 358. The SMILES string of the molecule is O=c1cnn2c(n1)SCN=C2. The number of aromatic nitrogens is 3. The summed E-state index contributed by atoms with van der Waals surface area (Å²) in [7, 11) is 0. The molecule has 0 atom stereocenters. The van der Waals surface area contributed by atoms with E-state index in [9.17, 15) is 4.79 Å². The molecule has 2 heterocycles. The van der Waals surface area contributed by atoms with Crippen LogP contribution < -0.4 is 5.56 Å². The molecule has 56 valence electrons. The standard InChI is InChI=1S/C5H4N4OS/c10-4-1-7-9-2-6-3-11-5(9)8-4/h1-2H,3H2. The molecule has 0 radical (unpaired) electrons. The molecule has 0 aromatic carbocycles. The van der Waals surface area contributed by atoms with Crippen molar-refractivity contribution in [2.24, 2.45) is 4.99 Å². The molecule has 5 nitrogen and oxygen atoms in total. The zero-order chi connectivity index (χ0) is 7.68. The number of fused-ring (bicyclic) bond motifs is 1. The van der Waals surface area contributed by atoms with E-state index in [1.807, 2.05) is 0 Å². The topological polar surface area (TPSA) is 60.1 Å². The quantitative estimate of drug-likeness (QED) is 0.527. The lowest BCUT2D eigenvalue weighted by molar-refractivity contribution is 0.727. The van der Waals surface area contributed by atoms with E-state index in [-0.39, 0.29) is 5.56 Å². The number of aliphatic imine (C=N–C) groups is 1. The summed E-state index contributed by atoms with van der Waals surface area (Å²) < 4.78 is 1.48. The second kappa shape index (κ2) is 2.46. The van der Waals surface area contributed by atoms with Gasteiger partial charge in [-0.25, -0.2) is 0 Å². The molecule has 2 rings (SSSR count). The van der Waals surface area contributed by atoms with Gasteiger partial charge in [-0.3, -0.25) is 9.79 Å². The van der Waals surface area contributed by atoms with E-state index < -0.39 is 0 Å². The molecule has 0 amide bonds. The van der Waals surface area contributed by atoms with Gasteiger partial charge in [0.15, 0.2) is 5.16 Å². The third-order valence-electron chi connectivity index (χ3n) is 1.15. The van der Waals surface area contributed by atoms with Crippen molar-refractivity contribution in [1.82, 2.24) is 14.8 Å². The molecule has 0 N–H and O–H groups in total. The van der Waals surface area contributed by atoms with Crippen molar-refractivity contribution < 1.29 is 0 Å². The van der Waals surface area contributed by atoms with Crippen LogP contribution in [0.4, 0.5) is 0 Å². The monoisotopic (exact) mass is 168 g/mol. The first-order valence-corrected chi connectivity index (χ1v) is 3.93. The van der Waals surface area contributed by atoms with E-state index in [4.69, 9.17) is 0 Å². The maximum Gasteiger partial charge on any atom is 0.292 e. The van der Waals surface area contributed by atoms with Crippen LogP contribution in [0.1, 0.15) is 0 Å². The Morgan fingerprint density at radius 2 is 2.55 bits per heavy atom. The largest absolute Gasteiger partial charge is 0.292 e. The Morgan fingerprint density at radius 1 is 1.64 bits per heavy atom. The molecule has 0 unspecified atom stereocenters. The maximum atomic E-state index is 10.7. The summed E-state index contributed by atoms with van der Waals surface area (Å²) in [6.07, 6.45) is 2.72. The first-order valence-electron chi connectivity index (χ1n) is 2.95. The van der Waals surface area contributed by atoms with Crippen LogP contribution in [-0.4, -0.2) is 27.0 Å². The normalized spacial score (nSPS) is 14.5. The second-order valence-electron chi connectivity index (χ2n) is 1.89. The number of hydrogen-bond donors (Lipinski definition) is 0. The molecule has 1 aliphatic rings. The zero-order valence-electron chi connectivity index (χ0n) is 5.47. The van der Waals surface area contributed by atoms with Crippen LogP contribution in [0.3, 0.4) is 0 Å². The summed E-state index contributed by atoms with van der Waals surface area (Å²) in [4.78, 5) is 18.4. The van der Waals surface area contributed by atoms with Gasteiger partial charge in [0.1, 0.15) is 12.5 Å². The van der Waals surface area contributed by atoms with Gasteiger partial charge in [-0.05, 0) is 0 Å². The predicted octanol–water partition coefficient (Wildman–Crippen LogP) is -0.422. The number of thioether (sulfide) groups is 1. The highest BCUT2D eigenvalue weighted by molar-refractivity contribution is 7.99. The Hall–Kier alpha value is -1.17. The van der Waals surface area contributed by atoms with Gasteiger partial charge in [0.05, 0.1) is 5.88 Å². The molecule has 6 heteroatoms. The summed E-state index contributed by atoms with van der Waals surface area (Å²) >= 11 is 1.39. The molecule has 0 spiro atoms. The van der Waals surface area contributed by atoms with Gasteiger partial charge in [-0.15, -0.1) is 0 Å². The molecule has 0 bridgehead atoms. The van der Waals surface area contributed by atoms with Crippen LogP contribution in [0, 0.1) is 0 Å². The van der Waals surface area contributed by atoms with Crippen molar-refractivity contribution >= 4 is 18.1 Å². The summed E-state index contributed by atoms with van der Waals surface area (Å²) in [5.74, 6) is 0.609. The first-order chi connectivity index (χ1) is 5.36. The second-order valence-corrected chi connectivity index (χ2v) is 2.81. The van der Waals surface area contributed by atoms with Gasteiger partial charge in [-0.2, -0.15) is 14.8 Å². The lowest BCUT2D eigenvalue weighted by atomic mass is 10.8. The Labute approximate surface area is 66.2 Å². The molecule has 0 fully saturated rings. The average molecular weight is 168 g/mol. The van der Waals surface area contributed by atoms with E-state index in [1.165, 1.54) is 22.6 Å². The number of rotatable bonds is 0. The van der Waals surface area contributed by atoms with Crippen molar-refractivity contribution in [1.29, 1.82) is 0 Å². The fourth-order valence-electron chi connectivity index (χ4n) is 0.719. The fourth-order valence-corrected chi connectivity index (χ4v) is 1.36. The predicted molar refractivity (Wildman–Crippen MR) is 40.9 cm³/mol. The van der Waals surface area contributed by atoms with Crippen molar-refractivity contribution in [3.63, 3.8) is 0 Å². The van der Waals surface area contributed by atoms with E-state index in [0.29, 0.717) is 11.0 Å². The lowest BCUT2D eigenvalue weighted by Gasteiger charge is -2.06. The summed E-state index contributed by atoms with van der Waals surface area (Å²) in [5, 5.41) is 4.39. The molecule has 0 aliphatic carbocycles. The first kappa shape index (κ1) is 6.53. The minimum absolute atomic E-state index is 0.306. The molecule has 1 aliphatic heterocycles. The van der Waals surface area contributed by atoms with E-state index >= 15 is 0 Å². The molecule has 0 saturated carbocycles. The van der Waals surface area contributed by atoms with Crippen molar-refractivity contribution in [2.75, 3.05) is 5.88 Å². The fraction of sp³-hybridized carbons (Fsp3) is 0.200. The van der Waals surface area contributed by atoms with Gasteiger partial charge in [-0.1, -0.05) is 11.8 Å². The van der Waals surface area contributed by atoms with Gasteiger partial charge < -0.3 is 0 Å². The highest BCUT2D eigenvalue weighted by Gasteiger charge is 2.05. The molecule has 1 aromatic heterocycles. The molecular weight excluding hydrogens is 164 g/mol. The van der Waals surface area contributed by atoms with E-state index in [2.05, 4.69) is 15.1 Å². The summed E-state index contributed by atoms with van der Waals surface area (Å²) in [6, 6.07) is 0. The smallest absolute Gasteiger partial charge is 0.266 e. The van der Waals surface area contributed by atoms with Gasteiger partial charge >= 0.3 is 0 Å². The third-order valence-corrected chi connectivity index (χ3v) is 1.97. The lowest BCUT2D eigenvalue weighted by Crippen LogP contribution is -2.18. The van der Waals surface area contributed by atoms with Crippen LogP contribution >= 0.6 is 11.8 Å². The summed E-state index contributed by atoms with van der Waals surface area (Å²) in [6.45, 7) is 0. The van der Waals surface area contributed by atoms with Crippen LogP contribution in [0.5, 0.6) is 0 Å². The number of hydrogen-bond acceptors (Lipinski definition) is 5. The molecule has 1 aromatic rings. The van der Waals surface area contributed by atoms with E-state index in [0.717, 1.165) is 0 Å². The maximum absolute atomic E-state index is 10.7. The minimum atomic E-state index is -0.306. The molecule has 0 saturated heterocycles. The summed E-state index contributed by atoms with van der Waals surface area (Å²) in [5.41, 5.74) is -0.306. The van der Waals surface area contributed by atoms with Crippen LogP contribution in [-0.2, 0) is 0 Å². The molecule has 11 heavy (non-hydrogen) atoms.